The maximum absolute atomic E-state index is 12.1. The molecule has 2 rings (SSSR count). The number of phenols is 1. The van der Waals surface area contributed by atoms with Crippen LogP contribution in [0.2, 0.25) is 0 Å². The summed E-state index contributed by atoms with van der Waals surface area (Å²) in [4.78, 5) is 25.6. The van der Waals surface area contributed by atoms with Crippen LogP contribution in [-0.2, 0) is 16.1 Å². The van der Waals surface area contributed by atoms with Gasteiger partial charge in [0.2, 0.25) is 0 Å². The molecule has 0 unspecified atom stereocenters. The quantitative estimate of drug-likeness (QED) is 0.858. The van der Waals surface area contributed by atoms with Crippen LogP contribution in [0.1, 0.15) is 27.0 Å². The highest BCUT2D eigenvalue weighted by Crippen LogP contribution is 2.19. The molecule has 0 aliphatic rings. The van der Waals surface area contributed by atoms with Crippen molar-refractivity contribution in [3.05, 3.63) is 64.7 Å². The van der Waals surface area contributed by atoms with Gasteiger partial charge in [-0.15, -0.1) is 0 Å². The molecule has 2 aromatic carbocycles. The van der Waals surface area contributed by atoms with Gasteiger partial charge in [0.15, 0.2) is 6.61 Å². The van der Waals surface area contributed by atoms with E-state index in [9.17, 15) is 14.7 Å². The Bertz CT molecular complexity index is 755. The van der Waals surface area contributed by atoms with Gasteiger partial charge in [-0.2, -0.15) is 0 Å². The van der Waals surface area contributed by atoms with Crippen LogP contribution in [0.15, 0.2) is 42.5 Å². The Morgan fingerprint density at radius 1 is 1.12 bits per heavy atom. The predicted octanol–water partition coefficient (Wildman–Crippen LogP) is 2.82. The van der Waals surface area contributed by atoms with E-state index in [4.69, 9.17) is 4.74 Å². The summed E-state index contributed by atoms with van der Waals surface area (Å²) >= 11 is 0. The van der Waals surface area contributed by atoms with Crippen molar-refractivity contribution in [3.8, 4) is 5.75 Å². The Hall–Kier alpha value is -2.82. The van der Waals surface area contributed by atoms with Gasteiger partial charge in [-0.25, -0.2) is 4.79 Å². The van der Waals surface area contributed by atoms with Crippen LogP contribution in [0.5, 0.6) is 5.75 Å². The third kappa shape index (κ3) is 4.35. The normalized spacial score (nSPS) is 10.3. The number of aryl methyl sites for hydroxylation is 2. The smallest absolute Gasteiger partial charge is 0.342 e. The second-order valence-corrected chi connectivity index (χ2v) is 5.77. The lowest BCUT2D eigenvalue weighted by molar-refractivity contribution is -0.133. The van der Waals surface area contributed by atoms with Gasteiger partial charge in [0, 0.05) is 13.6 Å². The molecular formula is C19H21NO4. The lowest BCUT2D eigenvalue weighted by atomic mass is 10.1. The van der Waals surface area contributed by atoms with Crippen molar-refractivity contribution >= 4 is 11.9 Å². The molecule has 5 heteroatoms. The first kappa shape index (κ1) is 17.5. The summed E-state index contributed by atoms with van der Waals surface area (Å²) in [6, 6.07) is 12.4. The number of benzene rings is 2. The highest BCUT2D eigenvalue weighted by atomic mass is 16.5. The van der Waals surface area contributed by atoms with Gasteiger partial charge in [-0.05, 0) is 42.7 Å². The molecule has 0 aliphatic heterocycles. The van der Waals surface area contributed by atoms with E-state index in [0.717, 1.165) is 16.7 Å². The van der Waals surface area contributed by atoms with Crippen LogP contribution in [-0.4, -0.2) is 35.5 Å². The number of carbonyl (C=O) groups excluding carboxylic acids is 2. The summed E-state index contributed by atoms with van der Waals surface area (Å²) in [6.45, 7) is 3.86. The Kier molecular flexibility index (Phi) is 5.58. The number of aromatic hydroxyl groups is 1. The molecule has 0 heterocycles. The molecule has 0 spiro atoms. The fourth-order valence-electron chi connectivity index (χ4n) is 2.26. The number of esters is 1. The third-order valence-corrected chi connectivity index (χ3v) is 3.79. The SMILES string of the molecule is Cc1ccc(C(=O)OCC(=O)N(C)Cc2ccccc2C)c(O)c1. The Balaban J connectivity index is 1.92. The zero-order valence-corrected chi connectivity index (χ0v) is 14.1. The Labute approximate surface area is 141 Å². The highest BCUT2D eigenvalue weighted by Gasteiger charge is 2.16. The van der Waals surface area contributed by atoms with Crippen LogP contribution >= 0.6 is 0 Å². The first-order chi connectivity index (χ1) is 11.4. The topological polar surface area (TPSA) is 66.8 Å². The fraction of sp³-hybridized carbons (Fsp3) is 0.263. The molecule has 0 saturated carbocycles. The van der Waals surface area contributed by atoms with E-state index in [1.165, 1.54) is 17.0 Å². The second-order valence-electron chi connectivity index (χ2n) is 5.77. The number of carbonyl (C=O) groups is 2. The van der Waals surface area contributed by atoms with E-state index in [-0.39, 0.29) is 23.8 Å². The fourth-order valence-corrected chi connectivity index (χ4v) is 2.26. The molecule has 126 valence electrons. The van der Waals surface area contributed by atoms with E-state index < -0.39 is 5.97 Å². The van der Waals surface area contributed by atoms with E-state index >= 15 is 0 Å². The Morgan fingerprint density at radius 2 is 1.83 bits per heavy atom. The maximum Gasteiger partial charge on any atom is 0.342 e. The van der Waals surface area contributed by atoms with Gasteiger partial charge in [0.05, 0.1) is 0 Å². The van der Waals surface area contributed by atoms with Crippen molar-refractivity contribution < 1.29 is 19.4 Å². The number of phenolic OH excluding ortho intramolecular Hbond substituents is 1. The average molecular weight is 327 g/mol. The van der Waals surface area contributed by atoms with Crippen LogP contribution in [0.3, 0.4) is 0 Å². The van der Waals surface area contributed by atoms with E-state index in [1.54, 1.807) is 20.0 Å². The van der Waals surface area contributed by atoms with Crippen molar-refractivity contribution in [1.29, 1.82) is 0 Å². The summed E-state index contributed by atoms with van der Waals surface area (Å²) in [6.07, 6.45) is 0. The molecule has 0 aliphatic carbocycles. The first-order valence-corrected chi connectivity index (χ1v) is 7.63. The standard InChI is InChI=1S/C19H21NO4/c1-13-8-9-16(17(21)10-13)19(23)24-12-18(22)20(3)11-15-7-5-4-6-14(15)2/h4-10,21H,11-12H2,1-3H3. The lowest BCUT2D eigenvalue weighted by Crippen LogP contribution is -2.31. The lowest BCUT2D eigenvalue weighted by Gasteiger charge is -2.18. The zero-order valence-electron chi connectivity index (χ0n) is 14.1. The van der Waals surface area contributed by atoms with E-state index in [1.807, 2.05) is 31.2 Å². The van der Waals surface area contributed by atoms with Gasteiger partial charge < -0.3 is 14.7 Å². The highest BCUT2D eigenvalue weighted by molar-refractivity contribution is 5.93. The summed E-state index contributed by atoms with van der Waals surface area (Å²) in [7, 11) is 1.66. The number of likely N-dealkylation sites (N-methyl/N-ethyl adjacent to an activating group) is 1. The Morgan fingerprint density at radius 3 is 2.50 bits per heavy atom. The summed E-state index contributed by atoms with van der Waals surface area (Å²) in [5.74, 6) is -1.18. The van der Waals surface area contributed by atoms with Crippen LogP contribution in [0.25, 0.3) is 0 Å². The van der Waals surface area contributed by atoms with Gasteiger partial charge in [-0.3, -0.25) is 4.79 Å². The van der Waals surface area contributed by atoms with Crippen molar-refractivity contribution in [2.75, 3.05) is 13.7 Å². The molecule has 0 radical (unpaired) electrons. The summed E-state index contributed by atoms with van der Waals surface area (Å²) in [5, 5.41) is 9.77. The van der Waals surface area contributed by atoms with Gasteiger partial charge >= 0.3 is 5.97 Å². The molecule has 2 aromatic rings. The molecule has 1 N–H and O–H groups in total. The maximum atomic E-state index is 12.1. The average Bonchev–Trinajstić information content (AvgIpc) is 2.54. The molecule has 0 saturated heterocycles. The number of amides is 1. The largest absolute Gasteiger partial charge is 0.507 e. The molecule has 1 amide bonds. The summed E-state index contributed by atoms with van der Waals surface area (Å²) < 4.78 is 5.01. The van der Waals surface area contributed by atoms with Crippen LogP contribution in [0.4, 0.5) is 0 Å². The second kappa shape index (κ2) is 7.64. The van der Waals surface area contributed by atoms with Gasteiger partial charge in [0.25, 0.3) is 5.91 Å². The number of hydrogen-bond acceptors (Lipinski definition) is 4. The number of hydrogen-bond donors (Lipinski definition) is 1. The predicted molar refractivity (Wildman–Crippen MR) is 90.8 cm³/mol. The van der Waals surface area contributed by atoms with Gasteiger partial charge in [-0.1, -0.05) is 30.3 Å². The number of nitrogens with zero attached hydrogens (tertiary/aromatic N) is 1. The minimum atomic E-state index is -0.717. The first-order valence-electron chi connectivity index (χ1n) is 7.63. The number of rotatable bonds is 5. The zero-order chi connectivity index (χ0) is 17.7. The molecule has 24 heavy (non-hydrogen) atoms. The van der Waals surface area contributed by atoms with Crippen LogP contribution in [0, 0.1) is 13.8 Å². The minimum Gasteiger partial charge on any atom is -0.507 e. The summed E-state index contributed by atoms with van der Waals surface area (Å²) in [5.41, 5.74) is 3.02. The molecule has 0 bridgehead atoms. The minimum absolute atomic E-state index is 0.0509. The number of ether oxygens (including phenoxy) is 1. The van der Waals surface area contributed by atoms with Crippen molar-refractivity contribution in [3.63, 3.8) is 0 Å². The van der Waals surface area contributed by atoms with Crippen molar-refractivity contribution in [1.82, 2.24) is 4.90 Å². The monoisotopic (exact) mass is 327 g/mol. The van der Waals surface area contributed by atoms with Crippen molar-refractivity contribution in [2.24, 2.45) is 0 Å². The van der Waals surface area contributed by atoms with Crippen molar-refractivity contribution in [2.45, 2.75) is 20.4 Å². The molecule has 5 nitrogen and oxygen atoms in total. The molecular weight excluding hydrogens is 306 g/mol. The molecule has 0 atom stereocenters. The van der Waals surface area contributed by atoms with E-state index in [0.29, 0.717) is 6.54 Å². The molecule has 0 aromatic heterocycles. The van der Waals surface area contributed by atoms with Crippen LogP contribution < -0.4 is 0 Å². The van der Waals surface area contributed by atoms with E-state index in [2.05, 4.69) is 0 Å². The molecule has 0 fully saturated rings. The third-order valence-electron chi connectivity index (χ3n) is 3.79. The van der Waals surface area contributed by atoms with Gasteiger partial charge in [0.1, 0.15) is 11.3 Å².